The molecule has 1 saturated heterocycles. The van der Waals surface area contributed by atoms with Crippen LogP contribution in [0.2, 0.25) is 0 Å². The van der Waals surface area contributed by atoms with Crippen LogP contribution in [-0.2, 0) is 6.54 Å². The SMILES string of the molecule is FC1(F)CCN(Cc2nccs2)C1. The highest BCUT2D eigenvalue weighted by Gasteiger charge is 2.38. The number of thiazole rings is 1. The predicted octanol–water partition coefficient (Wildman–Crippen LogP) is 1.98. The Hall–Kier alpha value is -0.550. The van der Waals surface area contributed by atoms with Crippen LogP contribution in [0.15, 0.2) is 11.6 Å². The van der Waals surface area contributed by atoms with Gasteiger partial charge in [-0.15, -0.1) is 11.3 Å². The average Bonchev–Trinajstić information content (AvgIpc) is 2.61. The van der Waals surface area contributed by atoms with Crippen LogP contribution in [0, 0.1) is 0 Å². The molecule has 0 unspecified atom stereocenters. The predicted molar refractivity (Wildman–Crippen MR) is 47.0 cm³/mol. The Morgan fingerprint density at radius 2 is 2.46 bits per heavy atom. The molecule has 1 aliphatic rings. The van der Waals surface area contributed by atoms with Gasteiger partial charge < -0.3 is 0 Å². The summed E-state index contributed by atoms with van der Waals surface area (Å²) in [4.78, 5) is 5.81. The Kier molecular flexibility index (Phi) is 2.29. The standard InChI is InChI=1S/C8H10F2N2S/c9-8(10)1-3-12(6-8)5-7-11-2-4-13-7/h2,4H,1,3,5-6H2. The van der Waals surface area contributed by atoms with E-state index < -0.39 is 5.92 Å². The second-order valence-corrected chi connectivity index (χ2v) is 4.22. The Morgan fingerprint density at radius 1 is 1.62 bits per heavy atom. The van der Waals surface area contributed by atoms with Crippen molar-refractivity contribution >= 4 is 11.3 Å². The van der Waals surface area contributed by atoms with Crippen LogP contribution < -0.4 is 0 Å². The second-order valence-electron chi connectivity index (χ2n) is 3.24. The van der Waals surface area contributed by atoms with Crippen molar-refractivity contribution in [2.45, 2.75) is 18.9 Å². The summed E-state index contributed by atoms with van der Waals surface area (Å²) in [7, 11) is 0. The van der Waals surface area contributed by atoms with Gasteiger partial charge in [-0.1, -0.05) is 0 Å². The highest BCUT2D eigenvalue weighted by atomic mass is 32.1. The van der Waals surface area contributed by atoms with E-state index in [0.717, 1.165) is 5.01 Å². The van der Waals surface area contributed by atoms with Gasteiger partial charge in [-0.05, 0) is 0 Å². The van der Waals surface area contributed by atoms with Gasteiger partial charge in [-0.3, -0.25) is 4.90 Å². The van der Waals surface area contributed by atoms with Crippen LogP contribution in [0.25, 0.3) is 0 Å². The monoisotopic (exact) mass is 204 g/mol. The summed E-state index contributed by atoms with van der Waals surface area (Å²) in [5, 5.41) is 2.78. The number of nitrogens with zero attached hydrogens (tertiary/aromatic N) is 2. The van der Waals surface area contributed by atoms with Crippen LogP contribution >= 0.6 is 11.3 Å². The zero-order valence-corrected chi connectivity index (χ0v) is 7.86. The third-order valence-electron chi connectivity index (χ3n) is 2.09. The van der Waals surface area contributed by atoms with E-state index in [1.807, 2.05) is 5.38 Å². The maximum absolute atomic E-state index is 12.8. The number of hydrogen-bond donors (Lipinski definition) is 0. The molecule has 2 heterocycles. The number of halogens is 2. The lowest BCUT2D eigenvalue weighted by molar-refractivity contribution is 0.0115. The molecule has 1 fully saturated rings. The van der Waals surface area contributed by atoms with Crippen molar-refractivity contribution < 1.29 is 8.78 Å². The molecule has 0 spiro atoms. The van der Waals surface area contributed by atoms with Gasteiger partial charge in [-0.2, -0.15) is 0 Å². The van der Waals surface area contributed by atoms with Gasteiger partial charge in [0.1, 0.15) is 5.01 Å². The summed E-state index contributed by atoms with van der Waals surface area (Å²) in [6.45, 7) is 0.923. The Balaban J connectivity index is 1.91. The molecule has 2 nitrogen and oxygen atoms in total. The Morgan fingerprint density at radius 3 is 3.00 bits per heavy atom. The zero-order valence-electron chi connectivity index (χ0n) is 7.04. The summed E-state index contributed by atoms with van der Waals surface area (Å²) in [6, 6.07) is 0. The molecule has 72 valence electrons. The number of hydrogen-bond acceptors (Lipinski definition) is 3. The quantitative estimate of drug-likeness (QED) is 0.732. The molecule has 5 heteroatoms. The molecule has 0 bridgehead atoms. The molecule has 13 heavy (non-hydrogen) atoms. The number of likely N-dealkylation sites (tertiary alicyclic amines) is 1. The molecule has 1 aromatic rings. The van der Waals surface area contributed by atoms with Crippen molar-refractivity contribution in [3.63, 3.8) is 0 Å². The van der Waals surface area contributed by atoms with Gasteiger partial charge in [-0.25, -0.2) is 13.8 Å². The van der Waals surface area contributed by atoms with Gasteiger partial charge in [0, 0.05) is 24.5 Å². The van der Waals surface area contributed by atoms with Crippen LogP contribution in [0.1, 0.15) is 11.4 Å². The van der Waals surface area contributed by atoms with Crippen LogP contribution in [0.4, 0.5) is 8.78 Å². The largest absolute Gasteiger partial charge is 0.291 e. The lowest BCUT2D eigenvalue weighted by Crippen LogP contribution is -2.24. The first-order valence-electron chi connectivity index (χ1n) is 4.14. The average molecular weight is 204 g/mol. The third-order valence-corrected chi connectivity index (χ3v) is 2.86. The fourth-order valence-electron chi connectivity index (χ4n) is 1.46. The minimum atomic E-state index is -2.49. The normalized spacial score (nSPS) is 22.3. The molecule has 0 radical (unpaired) electrons. The number of alkyl halides is 2. The van der Waals surface area contributed by atoms with Crippen molar-refractivity contribution in [2.24, 2.45) is 0 Å². The van der Waals surface area contributed by atoms with Crippen LogP contribution in [0.5, 0.6) is 0 Å². The van der Waals surface area contributed by atoms with Crippen molar-refractivity contribution in [2.75, 3.05) is 13.1 Å². The van der Waals surface area contributed by atoms with E-state index in [0.29, 0.717) is 13.1 Å². The highest BCUT2D eigenvalue weighted by Crippen LogP contribution is 2.27. The third kappa shape index (κ3) is 2.22. The zero-order chi connectivity index (χ0) is 9.31. The Labute approximate surface area is 79.2 Å². The lowest BCUT2D eigenvalue weighted by Gasteiger charge is -2.12. The Bertz CT molecular complexity index is 274. The van der Waals surface area contributed by atoms with Gasteiger partial charge in [0.25, 0.3) is 5.92 Å². The van der Waals surface area contributed by atoms with E-state index in [-0.39, 0.29) is 13.0 Å². The highest BCUT2D eigenvalue weighted by molar-refractivity contribution is 7.09. The summed E-state index contributed by atoms with van der Waals surface area (Å²) < 4.78 is 25.5. The summed E-state index contributed by atoms with van der Waals surface area (Å²) in [5.74, 6) is -2.49. The van der Waals surface area contributed by atoms with E-state index in [2.05, 4.69) is 4.98 Å². The molecular weight excluding hydrogens is 194 g/mol. The second kappa shape index (κ2) is 3.31. The minimum absolute atomic E-state index is 0.0155. The van der Waals surface area contributed by atoms with Gasteiger partial charge >= 0.3 is 0 Å². The van der Waals surface area contributed by atoms with Crippen molar-refractivity contribution in [3.8, 4) is 0 Å². The van der Waals surface area contributed by atoms with E-state index in [4.69, 9.17) is 0 Å². The maximum Gasteiger partial charge on any atom is 0.261 e. The maximum atomic E-state index is 12.8. The first-order chi connectivity index (χ1) is 6.16. The summed E-state index contributed by atoms with van der Waals surface area (Å²) >= 11 is 1.51. The lowest BCUT2D eigenvalue weighted by atomic mass is 10.3. The van der Waals surface area contributed by atoms with Gasteiger partial charge in [0.05, 0.1) is 13.1 Å². The smallest absolute Gasteiger partial charge is 0.261 e. The molecule has 0 N–H and O–H groups in total. The van der Waals surface area contributed by atoms with Gasteiger partial charge in [0.15, 0.2) is 0 Å². The molecule has 0 aromatic carbocycles. The first kappa shape index (κ1) is 9.02. The van der Waals surface area contributed by atoms with Crippen LogP contribution in [0.3, 0.4) is 0 Å². The van der Waals surface area contributed by atoms with E-state index in [1.165, 1.54) is 11.3 Å². The summed E-state index contributed by atoms with van der Waals surface area (Å²) in [6.07, 6.45) is 1.69. The van der Waals surface area contributed by atoms with E-state index in [1.54, 1.807) is 11.1 Å². The molecule has 1 aliphatic heterocycles. The molecule has 0 saturated carbocycles. The fraction of sp³-hybridized carbons (Fsp3) is 0.625. The van der Waals surface area contributed by atoms with Gasteiger partial charge in [0.2, 0.25) is 0 Å². The van der Waals surface area contributed by atoms with E-state index >= 15 is 0 Å². The molecular formula is C8H10F2N2S. The first-order valence-corrected chi connectivity index (χ1v) is 5.02. The topological polar surface area (TPSA) is 16.1 Å². The molecule has 0 atom stereocenters. The molecule has 0 amide bonds. The number of rotatable bonds is 2. The fourth-order valence-corrected chi connectivity index (χ4v) is 2.12. The van der Waals surface area contributed by atoms with E-state index in [9.17, 15) is 8.78 Å². The molecule has 1 aromatic heterocycles. The van der Waals surface area contributed by atoms with Crippen LogP contribution in [-0.4, -0.2) is 28.9 Å². The molecule has 0 aliphatic carbocycles. The van der Waals surface area contributed by atoms with Crippen molar-refractivity contribution in [3.05, 3.63) is 16.6 Å². The number of aromatic nitrogens is 1. The molecule has 2 rings (SSSR count). The van der Waals surface area contributed by atoms with Crippen molar-refractivity contribution in [1.82, 2.24) is 9.88 Å². The summed E-state index contributed by atoms with van der Waals surface area (Å²) in [5.41, 5.74) is 0. The minimum Gasteiger partial charge on any atom is -0.291 e. The van der Waals surface area contributed by atoms with Crippen molar-refractivity contribution in [1.29, 1.82) is 0 Å².